The van der Waals surface area contributed by atoms with Crippen molar-refractivity contribution >= 4 is 11.4 Å². The SMILES string of the molecule is C=C1C(N2CCC(F)(F)CC2)=NC=CN1/C(=C(\C)c1ccc(F)cc1)C1C=CC(C)=CC1. The highest BCUT2D eigenvalue weighted by atomic mass is 19.3. The molecule has 0 aromatic heterocycles. The zero-order chi connectivity index (χ0) is 22.9. The second-order valence-corrected chi connectivity index (χ2v) is 8.58. The van der Waals surface area contributed by atoms with Gasteiger partial charge in [0.15, 0.2) is 5.84 Å². The molecule has 3 aliphatic rings. The number of benzene rings is 1. The van der Waals surface area contributed by atoms with Crippen molar-refractivity contribution < 1.29 is 13.2 Å². The van der Waals surface area contributed by atoms with Crippen molar-refractivity contribution in [3.8, 4) is 0 Å². The number of piperidine rings is 1. The third kappa shape index (κ3) is 4.59. The van der Waals surface area contributed by atoms with Crippen LogP contribution in [0.4, 0.5) is 13.2 Å². The molecule has 0 amide bonds. The van der Waals surface area contributed by atoms with E-state index in [4.69, 9.17) is 0 Å². The molecule has 3 nitrogen and oxygen atoms in total. The van der Waals surface area contributed by atoms with Crippen molar-refractivity contribution in [1.29, 1.82) is 0 Å². The largest absolute Gasteiger partial charge is 0.354 e. The molecule has 1 aliphatic carbocycles. The van der Waals surface area contributed by atoms with Crippen molar-refractivity contribution in [3.05, 3.63) is 89.8 Å². The first-order chi connectivity index (χ1) is 15.2. The predicted molar refractivity (Wildman–Crippen MR) is 123 cm³/mol. The normalized spacial score (nSPS) is 23.7. The summed E-state index contributed by atoms with van der Waals surface area (Å²) in [6, 6.07) is 6.46. The molecule has 0 bridgehead atoms. The highest BCUT2D eigenvalue weighted by Crippen LogP contribution is 2.37. The summed E-state index contributed by atoms with van der Waals surface area (Å²) in [4.78, 5) is 8.39. The zero-order valence-electron chi connectivity index (χ0n) is 18.5. The van der Waals surface area contributed by atoms with Gasteiger partial charge in [0.25, 0.3) is 5.92 Å². The van der Waals surface area contributed by atoms with E-state index >= 15 is 0 Å². The molecule has 0 N–H and O–H groups in total. The van der Waals surface area contributed by atoms with Crippen LogP contribution in [0.5, 0.6) is 0 Å². The van der Waals surface area contributed by atoms with Crippen LogP contribution >= 0.6 is 0 Å². The Kier molecular flexibility index (Phi) is 6.13. The predicted octanol–water partition coefficient (Wildman–Crippen LogP) is 6.51. The molecule has 4 rings (SSSR count). The highest BCUT2D eigenvalue weighted by Gasteiger charge is 2.37. The summed E-state index contributed by atoms with van der Waals surface area (Å²) < 4.78 is 40.9. The minimum atomic E-state index is -2.62. The van der Waals surface area contributed by atoms with Gasteiger partial charge in [-0.2, -0.15) is 0 Å². The van der Waals surface area contributed by atoms with Gasteiger partial charge in [0.05, 0.1) is 5.70 Å². The summed E-state index contributed by atoms with van der Waals surface area (Å²) in [6.07, 6.45) is 10.5. The Morgan fingerprint density at radius 1 is 1.16 bits per heavy atom. The van der Waals surface area contributed by atoms with Crippen molar-refractivity contribution in [2.75, 3.05) is 13.1 Å². The molecule has 32 heavy (non-hydrogen) atoms. The van der Waals surface area contributed by atoms with Crippen LogP contribution in [0.2, 0.25) is 0 Å². The van der Waals surface area contributed by atoms with Gasteiger partial charge < -0.3 is 9.80 Å². The fraction of sp³-hybridized carbons (Fsp3) is 0.346. The van der Waals surface area contributed by atoms with E-state index in [0.29, 0.717) is 11.5 Å². The number of hydrogen-bond donors (Lipinski definition) is 0. The molecule has 0 radical (unpaired) electrons. The van der Waals surface area contributed by atoms with Crippen LogP contribution in [0.1, 0.15) is 38.7 Å². The second-order valence-electron chi connectivity index (χ2n) is 8.58. The van der Waals surface area contributed by atoms with Crippen LogP contribution in [-0.4, -0.2) is 34.6 Å². The number of allylic oxidation sites excluding steroid dienone is 5. The van der Waals surface area contributed by atoms with E-state index in [2.05, 4.69) is 36.7 Å². The summed E-state index contributed by atoms with van der Waals surface area (Å²) >= 11 is 0. The molecule has 1 unspecified atom stereocenters. The van der Waals surface area contributed by atoms with E-state index in [1.807, 2.05) is 22.9 Å². The van der Waals surface area contributed by atoms with Gasteiger partial charge in [-0.25, -0.2) is 18.2 Å². The lowest BCUT2D eigenvalue weighted by molar-refractivity contribution is -0.0435. The maximum Gasteiger partial charge on any atom is 0.251 e. The fourth-order valence-electron chi connectivity index (χ4n) is 4.39. The molecule has 1 atom stereocenters. The maximum absolute atomic E-state index is 13.7. The summed E-state index contributed by atoms with van der Waals surface area (Å²) in [7, 11) is 0. The van der Waals surface area contributed by atoms with Gasteiger partial charge in [-0.1, -0.05) is 42.5 Å². The molecular formula is C26H28F3N3. The average molecular weight is 440 g/mol. The third-order valence-electron chi connectivity index (χ3n) is 6.31. The van der Waals surface area contributed by atoms with Crippen LogP contribution in [-0.2, 0) is 0 Å². The lowest BCUT2D eigenvalue weighted by Crippen LogP contribution is -2.45. The number of alkyl halides is 2. The minimum absolute atomic E-state index is 0.0928. The Bertz CT molecular complexity index is 1030. The molecule has 1 aromatic rings. The first kappa shape index (κ1) is 22.2. The topological polar surface area (TPSA) is 18.8 Å². The van der Waals surface area contributed by atoms with Gasteiger partial charge in [0, 0.05) is 49.9 Å². The van der Waals surface area contributed by atoms with E-state index in [-0.39, 0.29) is 37.7 Å². The molecule has 0 spiro atoms. The van der Waals surface area contributed by atoms with Crippen LogP contribution < -0.4 is 0 Å². The molecule has 168 valence electrons. The van der Waals surface area contributed by atoms with Gasteiger partial charge >= 0.3 is 0 Å². The van der Waals surface area contributed by atoms with Crippen LogP contribution in [0.15, 0.2) is 83.4 Å². The Balaban J connectivity index is 1.69. The molecule has 0 saturated carbocycles. The quantitative estimate of drug-likeness (QED) is 0.535. The second kappa shape index (κ2) is 8.85. The van der Waals surface area contributed by atoms with Gasteiger partial charge in [-0.3, -0.25) is 0 Å². The summed E-state index contributed by atoms with van der Waals surface area (Å²) in [5.41, 5.74) is 4.82. The Morgan fingerprint density at radius 3 is 2.47 bits per heavy atom. The lowest BCUT2D eigenvalue weighted by Gasteiger charge is -2.39. The van der Waals surface area contributed by atoms with E-state index in [0.717, 1.165) is 23.3 Å². The molecule has 6 heteroatoms. The number of hydrogen-bond acceptors (Lipinski definition) is 3. The lowest BCUT2D eigenvalue weighted by atomic mass is 9.88. The Hall–Kier alpha value is -3.02. The van der Waals surface area contributed by atoms with E-state index in [9.17, 15) is 13.2 Å². The smallest absolute Gasteiger partial charge is 0.251 e. The summed E-state index contributed by atoms with van der Waals surface area (Å²) in [5.74, 6) is -2.18. The summed E-state index contributed by atoms with van der Waals surface area (Å²) in [5, 5.41) is 0. The molecule has 2 heterocycles. The van der Waals surface area contributed by atoms with Gasteiger partial charge in [0.1, 0.15) is 5.82 Å². The highest BCUT2D eigenvalue weighted by molar-refractivity contribution is 5.99. The molecule has 2 aliphatic heterocycles. The zero-order valence-corrected chi connectivity index (χ0v) is 18.5. The van der Waals surface area contributed by atoms with E-state index in [1.165, 1.54) is 17.7 Å². The maximum atomic E-state index is 13.7. The third-order valence-corrected chi connectivity index (χ3v) is 6.31. The van der Waals surface area contributed by atoms with Crippen LogP contribution in [0.25, 0.3) is 5.57 Å². The Morgan fingerprint density at radius 2 is 1.84 bits per heavy atom. The van der Waals surface area contributed by atoms with Crippen molar-refractivity contribution in [3.63, 3.8) is 0 Å². The number of rotatable bonds is 3. The van der Waals surface area contributed by atoms with Gasteiger partial charge in [-0.05, 0) is 43.5 Å². The number of nitrogens with zero attached hydrogens (tertiary/aromatic N) is 3. The van der Waals surface area contributed by atoms with Crippen molar-refractivity contribution in [1.82, 2.24) is 9.80 Å². The van der Waals surface area contributed by atoms with Crippen LogP contribution in [0, 0.1) is 11.7 Å². The number of halogens is 3. The number of aliphatic imine (C=N–C) groups is 1. The monoisotopic (exact) mass is 439 g/mol. The number of likely N-dealkylation sites (tertiary alicyclic amines) is 1. The molecule has 1 aromatic carbocycles. The minimum Gasteiger partial charge on any atom is -0.354 e. The van der Waals surface area contributed by atoms with Crippen molar-refractivity contribution in [2.24, 2.45) is 10.9 Å². The molecule has 1 saturated heterocycles. The number of amidine groups is 1. The molecular weight excluding hydrogens is 411 g/mol. The average Bonchev–Trinajstić information content (AvgIpc) is 2.77. The Labute approximate surface area is 187 Å². The van der Waals surface area contributed by atoms with E-state index < -0.39 is 5.92 Å². The standard InChI is InChI=1S/C26H28F3N3/c1-18-4-6-22(7-5-18)24(19(2)21-8-10-23(27)11-9-21)32-17-14-30-25(20(32)3)31-15-12-26(28,29)13-16-31/h4-6,8-11,14,17,22H,3,7,12-13,15-16H2,1-2H3/b24-19+. The summed E-state index contributed by atoms with van der Waals surface area (Å²) in [6.45, 7) is 8.87. The molecule has 1 fully saturated rings. The first-order valence-corrected chi connectivity index (χ1v) is 10.9. The van der Waals surface area contributed by atoms with Crippen molar-refractivity contribution in [2.45, 2.75) is 39.0 Å². The first-order valence-electron chi connectivity index (χ1n) is 10.9. The van der Waals surface area contributed by atoms with Crippen LogP contribution in [0.3, 0.4) is 0 Å². The van der Waals surface area contributed by atoms with Gasteiger partial charge in [-0.15, -0.1) is 0 Å². The fourth-order valence-corrected chi connectivity index (χ4v) is 4.39. The van der Waals surface area contributed by atoms with Gasteiger partial charge in [0.2, 0.25) is 0 Å². The van der Waals surface area contributed by atoms with E-state index in [1.54, 1.807) is 18.3 Å².